The van der Waals surface area contributed by atoms with Crippen molar-refractivity contribution in [1.29, 1.82) is 0 Å². The molecule has 0 N–H and O–H groups in total. The molecule has 0 unspecified atom stereocenters. The average molecular weight is 256 g/mol. The predicted molar refractivity (Wildman–Crippen MR) is 77.9 cm³/mol. The van der Waals surface area contributed by atoms with Crippen LogP contribution >= 0.6 is 0 Å². The maximum atomic E-state index is 12.4. The van der Waals surface area contributed by atoms with Crippen molar-refractivity contribution in [2.24, 2.45) is 13.0 Å². The van der Waals surface area contributed by atoms with Gasteiger partial charge in [-0.1, -0.05) is 44.2 Å². The SMILES string of the molecule is CC(C)C(=O)N(Cc1ccccc1)c1ccn(C)c1. The van der Waals surface area contributed by atoms with Crippen LogP contribution < -0.4 is 4.90 Å². The van der Waals surface area contributed by atoms with Crippen molar-refractivity contribution in [2.45, 2.75) is 20.4 Å². The molecule has 1 aromatic carbocycles. The number of hydrogen-bond donors (Lipinski definition) is 0. The first kappa shape index (κ1) is 13.4. The van der Waals surface area contributed by atoms with Crippen LogP contribution in [0.1, 0.15) is 19.4 Å². The summed E-state index contributed by atoms with van der Waals surface area (Å²) in [6.45, 7) is 4.48. The molecule has 0 aliphatic heterocycles. The van der Waals surface area contributed by atoms with Crippen molar-refractivity contribution in [3.8, 4) is 0 Å². The maximum absolute atomic E-state index is 12.4. The number of nitrogens with zero attached hydrogens (tertiary/aromatic N) is 2. The van der Waals surface area contributed by atoms with E-state index in [0.29, 0.717) is 6.54 Å². The molecule has 2 rings (SSSR count). The molecular formula is C16H20N2O. The number of anilines is 1. The second-order valence-corrected chi connectivity index (χ2v) is 5.10. The average Bonchev–Trinajstić information content (AvgIpc) is 2.83. The Kier molecular flexibility index (Phi) is 4.05. The van der Waals surface area contributed by atoms with E-state index >= 15 is 0 Å². The van der Waals surface area contributed by atoms with Gasteiger partial charge in [-0.3, -0.25) is 4.79 Å². The van der Waals surface area contributed by atoms with Gasteiger partial charge in [-0.2, -0.15) is 0 Å². The van der Waals surface area contributed by atoms with Gasteiger partial charge in [0.2, 0.25) is 5.91 Å². The molecule has 19 heavy (non-hydrogen) atoms. The van der Waals surface area contributed by atoms with Crippen molar-refractivity contribution >= 4 is 11.6 Å². The third-order valence-corrected chi connectivity index (χ3v) is 3.07. The van der Waals surface area contributed by atoms with E-state index in [4.69, 9.17) is 0 Å². The summed E-state index contributed by atoms with van der Waals surface area (Å²) in [6.07, 6.45) is 3.93. The third kappa shape index (κ3) is 3.25. The third-order valence-electron chi connectivity index (χ3n) is 3.07. The Balaban J connectivity index is 2.27. The zero-order valence-corrected chi connectivity index (χ0v) is 11.7. The zero-order chi connectivity index (χ0) is 13.8. The Morgan fingerprint density at radius 1 is 1.21 bits per heavy atom. The molecule has 0 spiro atoms. The highest BCUT2D eigenvalue weighted by Crippen LogP contribution is 2.20. The number of aromatic nitrogens is 1. The van der Waals surface area contributed by atoms with Crippen LogP contribution in [0.2, 0.25) is 0 Å². The van der Waals surface area contributed by atoms with Gasteiger partial charge in [0.15, 0.2) is 0 Å². The molecular weight excluding hydrogens is 236 g/mol. The number of aryl methyl sites for hydroxylation is 1. The lowest BCUT2D eigenvalue weighted by Crippen LogP contribution is -2.33. The number of carbonyl (C=O) groups is 1. The summed E-state index contributed by atoms with van der Waals surface area (Å²) >= 11 is 0. The van der Waals surface area contributed by atoms with E-state index in [0.717, 1.165) is 11.3 Å². The highest BCUT2D eigenvalue weighted by atomic mass is 16.2. The number of carbonyl (C=O) groups excluding carboxylic acids is 1. The summed E-state index contributed by atoms with van der Waals surface area (Å²) in [6, 6.07) is 12.0. The molecule has 0 aliphatic rings. The normalized spacial score (nSPS) is 10.7. The van der Waals surface area contributed by atoms with Gasteiger partial charge < -0.3 is 9.47 Å². The first-order valence-corrected chi connectivity index (χ1v) is 6.55. The van der Waals surface area contributed by atoms with Gasteiger partial charge in [0, 0.05) is 25.4 Å². The van der Waals surface area contributed by atoms with E-state index in [9.17, 15) is 4.79 Å². The smallest absolute Gasteiger partial charge is 0.229 e. The molecule has 0 aliphatic carbocycles. The summed E-state index contributed by atoms with van der Waals surface area (Å²) in [4.78, 5) is 14.2. The van der Waals surface area contributed by atoms with Crippen LogP contribution in [0.25, 0.3) is 0 Å². The minimum absolute atomic E-state index is 0.0103. The molecule has 0 fully saturated rings. The van der Waals surface area contributed by atoms with E-state index in [2.05, 4.69) is 0 Å². The predicted octanol–water partition coefficient (Wildman–Crippen LogP) is 3.21. The molecule has 0 radical (unpaired) electrons. The summed E-state index contributed by atoms with van der Waals surface area (Å²) in [5.74, 6) is 0.138. The fraction of sp³-hybridized carbons (Fsp3) is 0.312. The molecule has 0 bridgehead atoms. The Labute approximate surface area is 114 Å². The molecule has 1 aromatic heterocycles. The van der Waals surface area contributed by atoms with Crippen LogP contribution in [-0.2, 0) is 18.4 Å². The van der Waals surface area contributed by atoms with Crippen molar-refractivity contribution in [3.05, 3.63) is 54.4 Å². The minimum Gasteiger partial charge on any atom is -0.355 e. The molecule has 100 valence electrons. The molecule has 0 atom stereocenters. The van der Waals surface area contributed by atoms with Crippen molar-refractivity contribution < 1.29 is 4.79 Å². The Bertz CT molecular complexity index is 543. The molecule has 0 saturated heterocycles. The van der Waals surface area contributed by atoms with Crippen molar-refractivity contribution in [1.82, 2.24) is 4.57 Å². The van der Waals surface area contributed by atoms with Gasteiger partial charge in [-0.15, -0.1) is 0 Å². The minimum atomic E-state index is -0.0103. The Hall–Kier alpha value is -2.03. The Morgan fingerprint density at radius 2 is 1.89 bits per heavy atom. The molecule has 1 amide bonds. The van der Waals surface area contributed by atoms with E-state index in [1.54, 1.807) is 0 Å². The number of benzene rings is 1. The molecule has 3 nitrogen and oxygen atoms in total. The lowest BCUT2D eigenvalue weighted by Gasteiger charge is -2.23. The van der Waals surface area contributed by atoms with Crippen molar-refractivity contribution in [2.75, 3.05) is 4.90 Å². The lowest BCUT2D eigenvalue weighted by molar-refractivity contribution is -0.121. The number of amides is 1. The highest BCUT2D eigenvalue weighted by molar-refractivity contribution is 5.94. The first-order valence-electron chi connectivity index (χ1n) is 6.55. The van der Waals surface area contributed by atoms with Gasteiger partial charge in [0.1, 0.15) is 0 Å². The van der Waals surface area contributed by atoms with E-state index < -0.39 is 0 Å². The second-order valence-electron chi connectivity index (χ2n) is 5.10. The van der Waals surface area contributed by atoms with Crippen LogP contribution in [-0.4, -0.2) is 10.5 Å². The van der Waals surface area contributed by atoms with Crippen LogP contribution in [0.5, 0.6) is 0 Å². The van der Waals surface area contributed by atoms with Crippen LogP contribution in [0, 0.1) is 5.92 Å². The van der Waals surface area contributed by atoms with Gasteiger partial charge in [-0.25, -0.2) is 0 Å². The monoisotopic (exact) mass is 256 g/mol. The summed E-state index contributed by atoms with van der Waals surface area (Å²) < 4.78 is 1.96. The van der Waals surface area contributed by atoms with Crippen LogP contribution in [0.15, 0.2) is 48.8 Å². The van der Waals surface area contributed by atoms with Gasteiger partial charge >= 0.3 is 0 Å². The fourth-order valence-electron chi connectivity index (χ4n) is 2.02. The summed E-state index contributed by atoms with van der Waals surface area (Å²) in [7, 11) is 1.96. The van der Waals surface area contributed by atoms with Gasteiger partial charge in [-0.05, 0) is 11.6 Å². The maximum Gasteiger partial charge on any atom is 0.229 e. The van der Waals surface area contributed by atoms with E-state index in [1.165, 1.54) is 0 Å². The molecule has 1 heterocycles. The molecule has 2 aromatic rings. The lowest BCUT2D eigenvalue weighted by atomic mass is 10.1. The standard InChI is InChI=1S/C16H20N2O/c1-13(2)16(19)18(15-9-10-17(3)12-15)11-14-7-5-4-6-8-14/h4-10,12-13H,11H2,1-3H3. The molecule has 0 saturated carbocycles. The number of rotatable bonds is 4. The molecule has 3 heteroatoms. The number of hydrogen-bond acceptors (Lipinski definition) is 1. The topological polar surface area (TPSA) is 25.2 Å². The van der Waals surface area contributed by atoms with Gasteiger partial charge in [0.05, 0.1) is 12.2 Å². The zero-order valence-electron chi connectivity index (χ0n) is 11.7. The van der Waals surface area contributed by atoms with E-state index in [-0.39, 0.29) is 11.8 Å². The highest BCUT2D eigenvalue weighted by Gasteiger charge is 2.19. The fourth-order valence-corrected chi connectivity index (χ4v) is 2.02. The van der Waals surface area contributed by atoms with Crippen molar-refractivity contribution in [3.63, 3.8) is 0 Å². The summed E-state index contributed by atoms with van der Waals surface area (Å²) in [5.41, 5.74) is 2.09. The Morgan fingerprint density at radius 3 is 2.42 bits per heavy atom. The van der Waals surface area contributed by atoms with Gasteiger partial charge in [0.25, 0.3) is 0 Å². The first-order chi connectivity index (χ1) is 9.08. The largest absolute Gasteiger partial charge is 0.355 e. The second kappa shape index (κ2) is 5.74. The quantitative estimate of drug-likeness (QED) is 0.824. The summed E-state index contributed by atoms with van der Waals surface area (Å²) in [5, 5.41) is 0. The van der Waals surface area contributed by atoms with Crippen LogP contribution in [0.4, 0.5) is 5.69 Å². The van der Waals surface area contributed by atoms with E-state index in [1.807, 2.05) is 79.2 Å². The van der Waals surface area contributed by atoms with Crippen LogP contribution in [0.3, 0.4) is 0 Å².